The molecule has 0 aliphatic carbocycles. The topological polar surface area (TPSA) is 39.0 Å². The molecule has 0 unspecified atom stereocenters. The van der Waals surface area contributed by atoms with Gasteiger partial charge in [-0.2, -0.15) is 4.73 Å². The zero-order valence-corrected chi connectivity index (χ0v) is 8.16. The van der Waals surface area contributed by atoms with Gasteiger partial charge < -0.3 is 10.5 Å². The van der Waals surface area contributed by atoms with Crippen molar-refractivity contribution in [3.05, 3.63) is 35.3 Å². The van der Waals surface area contributed by atoms with Crippen LogP contribution in [0.4, 0.5) is 0 Å². The van der Waals surface area contributed by atoms with Gasteiger partial charge in [-0.05, 0) is 19.0 Å². The smallest absolute Gasteiger partial charge is 0.183 e. The average molecular weight is 180 g/mol. The van der Waals surface area contributed by atoms with Gasteiger partial charge in [0.15, 0.2) is 12.4 Å². The molecule has 0 bridgehead atoms. The highest BCUT2D eigenvalue weighted by molar-refractivity contribution is 5.05. The summed E-state index contributed by atoms with van der Waals surface area (Å²) in [4.78, 5) is 0. The monoisotopic (exact) mass is 180 g/mol. The molecule has 0 saturated carbocycles. The number of nitrogens with zero attached hydrogens (tertiary/aromatic N) is 1. The summed E-state index contributed by atoms with van der Waals surface area (Å²) in [7, 11) is 0. The van der Waals surface area contributed by atoms with Crippen LogP contribution in [0.3, 0.4) is 0 Å². The van der Waals surface area contributed by atoms with Crippen molar-refractivity contribution in [1.29, 1.82) is 0 Å². The van der Waals surface area contributed by atoms with Crippen LogP contribution in [0.25, 0.3) is 0 Å². The third-order valence-corrected chi connectivity index (χ3v) is 1.80. The van der Waals surface area contributed by atoms with E-state index in [4.69, 9.17) is 0 Å². The van der Waals surface area contributed by atoms with Gasteiger partial charge in [-0.3, -0.25) is 0 Å². The zero-order chi connectivity index (χ0) is 9.68. The molecule has 72 valence electrons. The molecule has 1 rings (SSSR count). The van der Waals surface area contributed by atoms with Gasteiger partial charge in [0.05, 0.1) is 0 Å². The Morgan fingerprint density at radius 2 is 2.31 bits per heavy atom. The second kappa shape index (κ2) is 4.82. The van der Waals surface area contributed by atoms with Crippen LogP contribution >= 0.6 is 0 Å². The van der Waals surface area contributed by atoms with Gasteiger partial charge >= 0.3 is 0 Å². The van der Waals surface area contributed by atoms with Gasteiger partial charge in [0.25, 0.3) is 0 Å². The van der Waals surface area contributed by atoms with E-state index in [0.717, 1.165) is 23.3 Å². The molecule has 1 aromatic rings. The molecule has 1 aromatic heterocycles. The Hall–Kier alpha value is -1.09. The van der Waals surface area contributed by atoms with E-state index in [1.54, 1.807) is 12.3 Å². The van der Waals surface area contributed by atoms with Crippen molar-refractivity contribution in [3.63, 3.8) is 0 Å². The van der Waals surface area contributed by atoms with E-state index in [1.807, 2.05) is 6.07 Å². The molecule has 0 saturated heterocycles. The first kappa shape index (κ1) is 9.99. The molecule has 1 heterocycles. The van der Waals surface area contributed by atoms with Gasteiger partial charge in [0.1, 0.15) is 0 Å². The Morgan fingerprint density at radius 1 is 1.54 bits per heavy atom. The highest BCUT2D eigenvalue weighted by Gasteiger charge is 1.97. The van der Waals surface area contributed by atoms with E-state index in [9.17, 15) is 5.21 Å². The van der Waals surface area contributed by atoms with Gasteiger partial charge in [-0.25, -0.2) is 0 Å². The first-order chi connectivity index (χ1) is 6.18. The second-order valence-electron chi connectivity index (χ2n) is 3.43. The number of aromatic nitrogens is 1. The third-order valence-electron chi connectivity index (χ3n) is 1.80. The molecule has 3 heteroatoms. The standard InChI is InChI=1S/C10H16N2O/c1-9(2)11-6-5-10-4-3-7-12(13)8-10/h3-4,7-9,11H,5-6H2,1-2H3. The predicted molar refractivity (Wildman–Crippen MR) is 52.2 cm³/mol. The molecule has 0 amide bonds. The minimum atomic E-state index is 0.503. The molecule has 0 spiro atoms. The molecule has 0 aromatic carbocycles. The molecule has 13 heavy (non-hydrogen) atoms. The maximum Gasteiger partial charge on any atom is 0.183 e. The lowest BCUT2D eigenvalue weighted by molar-refractivity contribution is -0.605. The molecule has 0 atom stereocenters. The van der Waals surface area contributed by atoms with Crippen LogP contribution in [0.15, 0.2) is 24.5 Å². The van der Waals surface area contributed by atoms with Crippen LogP contribution in [-0.2, 0) is 6.42 Å². The Kier molecular flexibility index (Phi) is 3.71. The summed E-state index contributed by atoms with van der Waals surface area (Å²) < 4.78 is 0.838. The summed E-state index contributed by atoms with van der Waals surface area (Å²) in [6, 6.07) is 4.25. The SMILES string of the molecule is CC(C)NCCc1ccc[n+]([O-])c1. The summed E-state index contributed by atoms with van der Waals surface area (Å²) in [6.45, 7) is 5.14. The number of rotatable bonds is 4. The Balaban J connectivity index is 2.37. The molecule has 0 fully saturated rings. The number of pyridine rings is 1. The first-order valence-corrected chi connectivity index (χ1v) is 4.59. The Morgan fingerprint density at radius 3 is 2.92 bits per heavy atom. The van der Waals surface area contributed by atoms with Crippen LogP contribution in [0, 0.1) is 5.21 Å². The van der Waals surface area contributed by atoms with E-state index < -0.39 is 0 Å². The summed E-state index contributed by atoms with van der Waals surface area (Å²) in [5.74, 6) is 0. The molecule has 0 radical (unpaired) electrons. The first-order valence-electron chi connectivity index (χ1n) is 4.59. The lowest BCUT2D eigenvalue weighted by Gasteiger charge is -2.06. The molecule has 3 nitrogen and oxygen atoms in total. The minimum absolute atomic E-state index is 0.503. The zero-order valence-electron chi connectivity index (χ0n) is 8.16. The largest absolute Gasteiger partial charge is 0.619 e. The average Bonchev–Trinajstić information content (AvgIpc) is 2.03. The van der Waals surface area contributed by atoms with Crippen LogP contribution in [0.1, 0.15) is 19.4 Å². The van der Waals surface area contributed by atoms with Gasteiger partial charge in [0, 0.05) is 17.7 Å². The second-order valence-corrected chi connectivity index (χ2v) is 3.43. The number of hydrogen-bond acceptors (Lipinski definition) is 2. The van der Waals surface area contributed by atoms with E-state index in [2.05, 4.69) is 19.2 Å². The lowest BCUT2D eigenvalue weighted by Crippen LogP contribution is -2.27. The summed E-state index contributed by atoms with van der Waals surface area (Å²) in [5, 5.41) is 14.2. The summed E-state index contributed by atoms with van der Waals surface area (Å²) in [6.07, 6.45) is 4.02. The molecule has 0 aliphatic heterocycles. The van der Waals surface area contributed by atoms with E-state index in [0.29, 0.717) is 6.04 Å². The van der Waals surface area contributed by atoms with E-state index in [-0.39, 0.29) is 0 Å². The molecular formula is C10H16N2O. The molecule has 0 aliphatic rings. The fraction of sp³-hybridized carbons (Fsp3) is 0.500. The van der Waals surface area contributed by atoms with Crippen molar-refractivity contribution in [3.8, 4) is 0 Å². The van der Waals surface area contributed by atoms with Gasteiger partial charge in [0.2, 0.25) is 0 Å². The maximum atomic E-state index is 10.9. The van der Waals surface area contributed by atoms with Crippen LogP contribution in [0.5, 0.6) is 0 Å². The van der Waals surface area contributed by atoms with Crippen molar-refractivity contribution in [2.24, 2.45) is 0 Å². The number of nitrogens with one attached hydrogen (secondary N) is 1. The quantitative estimate of drug-likeness (QED) is 0.551. The van der Waals surface area contributed by atoms with Crippen molar-refractivity contribution in [1.82, 2.24) is 5.32 Å². The Labute approximate surface area is 79.0 Å². The normalized spacial score (nSPS) is 10.7. The molecule has 1 N–H and O–H groups in total. The van der Waals surface area contributed by atoms with Gasteiger partial charge in [-0.15, -0.1) is 0 Å². The molecular weight excluding hydrogens is 164 g/mol. The Bertz CT molecular complexity index is 261. The van der Waals surface area contributed by atoms with Crippen molar-refractivity contribution in [2.75, 3.05) is 6.54 Å². The van der Waals surface area contributed by atoms with Crippen molar-refractivity contribution >= 4 is 0 Å². The fourth-order valence-electron chi connectivity index (χ4n) is 1.15. The van der Waals surface area contributed by atoms with E-state index >= 15 is 0 Å². The third kappa shape index (κ3) is 3.90. The van der Waals surface area contributed by atoms with Crippen molar-refractivity contribution < 1.29 is 4.73 Å². The van der Waals surface area contributed by atoms with E-state index in [1.165, 1.54) is 6.20 Å². The van der Waals surface area contributed by atoms with Crippen molar-refractivity contribution in [2.45, 2.75) is 26.3 Å². The minimum Gasteiger partial charge on any atom is -0.619 e. The highest BCUT2D eigenvalue weighted by atomic mass is 16.5. The highest BCUT2D eigenvalue weighted by Crippen LogP contribution is 1.94. The lowest BCUT2D eigenvalue weighted by atomic mass is 10.2. The van der Waals surface area contributed by atoms with Crippen LogP contribution < -0.4 is 10.0 Å². The van der Waals surface area contributed by atoms with Gasteiger partial charge in [-0.1, -0.05) is 13.8 Å². The fourth-order valence-corrected chi connectivity index (χ4v) is 1.15. The predicted octanol–water partition coefficient (Wildman–Crippen LogP) is 0.861. The summed E-state index contributed by atoms with van der Waals surface area (Å²) in [5.41, 5.74) is 1.07. The summed E-state index contributed by atoms with van der Waals surface area (Å²) >= 11 is 0. The van der Waals surface area contributed by atoms with Crippen LogP contribution in [0.2, 0.25) is 0 Å². The number of hydrogen-bond donors (Lipinski definition) is 1. The maximum absolute atomic E-state index is 10.9. The van der Waals surface area contributed by atoms with Crippen LogP contribution in [-0.4, -0.2) is 12.6 Å².